The molecule has 1 fully saturated rings. The minimum absolute atomic E-state index is 0.133. The largest absolute Gasteiger partial charge is 0.489 e. The third-order valence-corrected chi connectivity index (χ3v) is 4.77. The fourth-order valence-electron chi connectivity index (χ4n) is 2.49. The molecule has 0 amide bonds. The van der Waals surface area contributed by atoms with Gasteiger partial charge in [0.05, 0.1) is 21.7 Å². The zero-order valence-electron chi connectivity index (χ0n) is 12.7. The monoisotopic (exact) mass is 382 g/mol. The summed E-state index contributed by atoms with van der Waals surface area (Å²) in [5, 5.41) is 20.1. The molecule has 1 unspecified atom stereocenters. The van der Waals surface area contributed by atoms with Gasteiger partial charge in [-0.2, -0.15) is 0 Å². The van der Waals surface area contributed by atoms with E-state index < -0.39 is 6.10 Å². The van der Waals surface area contributed by atoms with Crippen molar-refractivity contribution < 1.29 is 14.9 Å². The third kappa shape index (κ3) is 5.94. The molecule has 2 rings (SSSR count). The van der Waals surface area contributed by atoms with Gasteiger partial charge >= 0.3 is 0 Å². The van der Waals surface area contributed by atoms with Crippen LogP contribution in [0.4, 0.5) is 0 Å². The summed E-state index contributed by atoms with van der Waals surface area (Å²) in [5.41, 5.74) is 0. The Kier molecular flexibility index (Phi) is 7.69. The molecule has 0 spiro atoms. The Morgan fingerprint density at radius 1 is 1.00 bits per heavy atom. The van der Waals surface area contributed by atoms with E-state index in [1.165, 1.54) is 6.07 Å². The lowest BCUT2D eigenvalue weighted by atomic mass is 10.2. The van der Waals surface area contributed by atoms with Crippen LogP contribution < -0.4 is 4.74 Å². The summed E-state index contributed by atoms with van der Waals surface area (Å²) in [4.78, 5) is 4.38. The van der Waals surface area contributed by atoms with E-state index >= 15 is 0 Å². The first-order chi connectivity index (χ1) is 11.0. The molecule has 0 bridgehead atoms. The zero-order chi connectivity index (χ0) is 16.8. The predicted octanol–water partition coefficient (Wildman–Crippen LogP) is 2.00. The van der Waals surface area contributed by atoms with Crippen LogP contribution in [0.5, 0.6) is 5.75 Å². The van der Waals surface area contributed by atoms with Crippen molar-refractivity contribution in [3.05, 3.63) is 27.2 Å². The predicted molar refractivity (Wildman–Crippen MR) is 92.9 cm³/mol. The summed E-state index contributed by atoms with van der Waals surface area (Å²) in [6, 6.07) is 3.07. The fourth-order valence-corrected chi connectivity index (χ4v) is 3.08. The molecule has 0 aliphatic carbocycles. The molecule has 1 aliphatic heterocycles. The van der Waals surface area contributed by atoms with Crippen LogP contribution in [0.25, 0.3) is 0 Å². The van der Waals surface area contributed by atoms with Gasteiger partial charge in [0.1, 0.15) is 18.5 Å². The lowest BCUT2D eigenvalue weighted by Crippen LogP contribution is -2.49. The van der Waals surface area contributed by atoms with Crippen LogP contribution in [0.2, 0.25) is 15.1 Å². The molecule has 1 aromatic rings. The van der Waals surface area contributed by atoms with Crippen LogP contribution >= 0.6 is 34.8 Å². The molecule has 23 heavy (non-hydrogen) atoms. The normalized spacial score (nSPS) is 18.1. The summed E-state index contributed by atoms with van der Waals surface area (Å²) in [5.74, 6) is 0.410. The number of piperazine rings is 1. The van der Waals surface area contributed by atoms with Gasteiger partial charge in [-0.1, -0.05) is 34.8 Å². The Hall–Kier alpha value is -0.270. The molecule has 1 aliphatic rings. The van der Waals surface area contributed by atoms with Crippen LogP contribution in [-0.2, 0) is 0 Å². The highest BCUT2D eigenvalue weighted by atomic mass is 35.5. The molecule has 0 radical (unpaired) electrons. The summed E-state index contributed by atoms with van der Waals surface area (Å²) >= 11 is 17.8. The molecular formula is C15H21Cl3N2O3. The number of halogens is 3. The first-order valence-corrected chi connectivity index (χ1v) is 8.64. The van der Waals surface area contributed by atoms with E-state index in [2.05, 4.69) is 9.80 Å². The van der Waals surface area contributed by atoms with E-state index in [1.807, 2.05) is 0 Å². The molecule has 5 nitrogen and oxygen atoms in total. The molecule has 2 N–H and O–H groups in total. The minimum atomic E-state index is -0.620. The molecular weight excluding hydrogens is 363 g/mol. The molecule has 1 aromatic carbocycles. The van der Waals surface area contributed by atoms with Crippen molar-refractivity contribution in [1.29, 1.82) is 0 Å². The van der Waals surface area contributed by atoms with Crippen LogP contribution in [0.15, 0.2) is 12.1 Å². The molecule has 1 heterocycles. The minimum Gasteiger partial charge on any atom is -0.489 e. The SMILES string of the molecule is OCCN1CCN(CC(O)COc2cc(Cl)c(Cl)cc2Cl)CC1. The molecule has 130 valence electrons. The smallest absolute Gasteiger partial charge is 0.139 e. The first kappa shape index (κ1) is 19.1. The van der Waals surface area contributed by atoms with E-state index in [-0.39, 0.29) is 13.2 Å². The van der Waals surface area contributed by atoms with E-state index in [9.17, 15) is 5.11 Å². The van der Waals surface area contributed by atoms with Gasteiger partial charge < -0.3 is 14.9 Å². The topological polar surface area (TPSA) is 56.2 Å². The van der Waals surface area contributed by atoms with Crippen molar-refractivity contribution in [2.75, 3.05) is 52.5 Å². The Balaban J connectivity index is 1.75. The summed E-state index contributed by atoms with van der Waals surface area (Å²) in [7, 11) is 0. The number of hydrogen-bond acceptors (Lipinski definition) is 5. The van der Waals surface area contributed by atoms with Gasteiger partial charge in [0.15, 0.2) is 0 Å². The van der Waals surface area contributed by atoms with Crippen molar-refractivity contribution in [3.63, 3.8) is 0 Å². The van der Waals surface area contributed by atoms with E-state index in [1.54, 1.807) is 6.07 Å². The Bertz CT molecular complexity index is 511. The van der Waals surface area contributed by atoms with E-state index in [0.717, 1.165) is 26.2 Å². The Morgan fingerprint density at radius 3 is 2.26 bits per heavy atom. The third-order valence-electron chi connectivity index (χ3n) is 3.76. The van der Waals surface area contributed by atoms with Crippen molar-refractivity contribution in [2.45, 2.75) is 6.10 Å². The lowest BCUT2D eigenvalue weighted by molar-refractivity contribution is 0.0429. The van der Waals surface area contributed by atoms with Gasteiger partial charge in [-0.15, -0.1) is 0 Å². The Morgan fingerprint density at radius 2 is 1.61 bits per heavy atom. The number of benzene rings is 1. The van der Waals surface area contributed by atoms with Crippen LogP contribution in [-0.4, -0.2) is 78.6 Å². The van der Waals surface area contributed by atoms with Crippen LogP contribution in [0.1, 0.15) is 0 Å². The molecule has 0 saturated carbocycles. The first-order valence-electron chi connectivity index (χ1n) is 7.50. The molecule has 0 aromatic heterocycles. The van der Waals surface area contributed by atoms with Crippen molar-refractivity contribution in [2.24, 2.45) is 0 Å². The van der Waals surface area contributed by atoms with Gasteiger partial charge in [0.2, 0.25) is 0 Å². The van der Waals surface area contributed by atoms with E-state index in [0.29, 0.717) is 33.9 Å². The summed E-state index contributed by atoms with van der Waals surface area (Å²) in [6.07, 6.45) is -0.620. The van der Waals surface area contributed by atoms with Gasteiger partial charge in [0, 0.05) is 45.3 Å². The highest BCUT2D eigenvalue weighted by Crippen LogP contribution is 2.33. The second kappa shape index (κ2) is 9.28. The molecule has 1 saturated heterocycles. The summed E-state index contributed by atoms with van der Waals surface area (Å²) in [6.45, 7) is 5.07. The van der Waals surface area contributed by atoms with E-state index in [4.69, 9.17) is 44.6 Å². The number of β-amino-alcohol motifs (C(OH)–C–C–N with tert-alkyl or cyclic N) is 2. The number of nitrogens with zero attached hydrogens (tertiary/aromatic N) is 2. The van der Waals surface area contributed by atoms with Crippen molar-refractivity contribution in [1.82, 2.24) is 9.80 Å². The second-order valence-corrected chi connectivity index (χ2v) is 6.75. The number of aliphatic hydroxyl groups excluding tert-OH is 2. The second-order valence-electron chi connectivity index (χ2n) is 5.53. The Labute approximate surface area is 151 Å². The van der Waals surface area contributed by atoms with Crippen LogP contribution in [0, 0.1) is 0 Å². The quantitative estimate of drug-likeness (QED) is 0.705. The van der Waals surface area contributed by atoms with Crippen LogP contribution in [0.3, 0.4) is 0 Å². The lowest BCUT2D eigenvalue weighted by Gasteiger charge is -2.35. The number of hydrogen-bond donors (Lipinski definition) is 2. The number of ether oxygens (including phenoxy) is 1. The number of aliphatic hydroxyl groups is 2. The average molecular weight is 384 g/mol. The summed E-state index contributed by atoms with van der Waals surface area (Å²) < 4.78 is 5.54. The van der Waals surface area contributed by atoms with Gasteiger partial charge in [-0.3, -0.25) is 9.80 Å². The van der Waals surface area contributed by atoms with Gasteiger partial charge in [0.25, 0.3) is 0 Å². The van der Waals surface area contributed by atoms with Crippen molar-refractivity contribution >= 4 is 34.8 Å². The fraction of sp³-hybridized carbons (Fsp3) is 0.600. The highest BCUT2D eigenvalue weighted by molar-refractivity contribution is 6.43. The maximum absolute atomic E-state index is 10.1. The highest BCUT2D eigenvalue weighted by Gasteiger charge is 2.19. The molecule has 8 heteroatoms. The zero-order valence-corrected chi connectivity index (χ0v) is 15.0. The van der Waals surface area contributed by atoms with Crippen molar-refractivity contribution in [3.8, 4) is 5.75 Å². The maximum Gasteiger partial charge on any atom is 0.139 e. The van der Waals surface area contributed by atoms with Gasteiger partial charge in [-0.05, 0) is 6.07 Å². The van der Waals surface area contributed by atoms with Gasteiger partial charge in [-0.25, -0.2) is 0 Å². The standard InChI is InChI=1S/C15H21Cl3N2O3/c16-12-7-14(18)15(8-13(12)17)23-10-11(22)9-20-3-1-19(2-4-20)5-6-21/h7-8,11,21-22H,1-6,9-10H2. The molecule has 1 atom stereocenters. The number of rotatable bonds is 7. The average Bonchev–Trinajstić information content (AvgIpc) is 2.52. The maximum atomic E-state index is 10.1.